The minimum atomic E-state index is -0.578. The van der Waals surface area contributed by atoms with Gasteiger partial charge in [-0.25, -0.2) is 4.79 Å². The first kappa shape index (κ1) is 19.1. The Balaban J connectivity index is 1.74. The molecule has 0 aromatic heterocycles. The van der Waals surface area contributed by atoms with Crippen molar-refractivity contribution in [1.82, 2.24) is 10.0 Å². The van der Waals surface area contributed by atoms with Gasteiger partial charge in [-0.15, -0.1) is 0 Å². The Morgan fingerprint density at radius 2 is 1.63 bits per heavy atom. The molecule has 5 nitrogen and oxygen atoms in total. The summed E-state index contributed by atoms with van der Waals surface area (Å²) in [5.74, 6) is -0.227. The molecule has 0 bridgehead atoms. The summed E-state index contributed by atoms with van der Waals surface area (Å²) in [7, 11) is 0. The molecule has 2 amide bonds. The zero-order chi connectivity index (χ0) is 19.2. The number of nitrogens with zero attached hydrogens (tertiary/aromatic N) is 2. The summed E-state index contributed by atoms with van der Waals surface area (Å²) in [6.45, 7) is 4.27. The molecule has 2 aromatic rings. The lowest BCUT2D eigenvalue weighted by Gasteiger charge is -2.44. The van der Waals surface area contributed by atoms with E-state index < -0.39 is 6.09 Å². The molecule has 1 atom stereocenters. The molecule has 2 aromatic carbocycles. The number of benzene rings is 2. The summed E-state index contributed by atoms with van der Waals surface area (Å²) < 4.78 is 5.35. The lowest BCUT2D eigenvalue weighted by atomic mass is 10.0. The smallest absolute Gasteiger partial charge is 0.431 e. The van der Waals surface area contributed by atoms with Gasteiger partial charge >= 0.3 is 6.09 Å². The van der Waals surface area contributed by atoms with Gasteiger partial charge in [-0.1, -0.05) is 60.7 Å². The van der Waals surface area contributed by atoms with Crippen molar-refractivity contribution in [1.29, 1.82) is 0 Å². The summed E-state index contributed by atoms with van der Waals surface area (Å²) in [6, 6.07) is 19.8. The van der Waals surface area contributed by atoms with Crippen LogP contribution in [0.25, 0.3) is 0 Å². The molecule has 1 saturated heterocycles. The van der Waals surface area contributed by atoms with Crippen molar-refractivity contribution in [3.8, 4) is 0 Å². The van der Waals surface area contributed by atoms with E-state index in [1.54, 1.807) is 0 Å². The fourth-order valence-electron chi connectivity index (χ4n) is 3.49. The number of carbonyl (C=O) groups excluding carboxylic acids is 2. The van der Waals surface area contributed by atoms with Gasteiger partial charge in [0, 0.05) is 12.5 Å². The molecule has 1 aliphatic rings. The molecular formula is C22H26N2O3. The van der Waals surface area contributed by atoms with E-state index in [2.05, 4.69) is 12.1 Å². The number of aryl methyl sites for hydroxylation is 1. The Kier molecular flexibility index (Phi) is 6.24. The van der Waals surface area contributed by atoms with E-state index in [4.69, 9.17) is 4.74 Å². The van der Waals surface area contributed by atoms with E-state index in [9.17, 15) is 9.59 Å². The van der Waals surface area contributed by atoms with Gasteiger partial charge < -0.3 is 4.74 Å². The summed E-state index contributed by atoms with van der Waals surface area (Å²) in [5, 5.41) is 3.09. The molecule has 1 aliphatic heterocycles. The molecule has 0 aliphatic carbocycles. The van der Waals surface area contributed by atoms with Crippen molar-refractivity contribution in [3.05, 3.63) is 71.8 Å². The van der Waals surface area contributed by atoms with Crippen LogP contribution in [0.5, 0.6) is 0 Å². The van der Waals surface area contributed by atoms with Crippen LogP contribution in [-0.2, 0) is 22.4 Å². The number of imide groups is 1. The zero-order valence-corrected chi connectivity index (χ0v) is 15.9. The summed E-state index contributed by atoms with van der Waals surface area (Å²) in [4.78, 5) is 25.3. The molecule has 0 radical (unpaired) electrons. The highest BCUT2D eigenvalue weighted by Crippen LogP contribution is 2.22. The fourth-order valence-corrected chi connectivity index (χ4v) is 3.49. The molecule has 3 rings (SSSR count). The van der Waals surface area contributed by atoms with Crippen molar-refractivity contribution in [2.45, 2.75) is 45.2 Å². The molecule has 27 heavy (non-hydrogen) atoms. The maximum Gasteiger partial charge on any atom is 0.431 e. The number of carbonyl (C=O) groups is 2. The van der Waals surface area contributed by atoms with Gasteiger partial charge in [-0.05, 0) is 37.8 Å². The molecule has 0 spiro atoms. The Morgan fingerprint density at radius 3 is 2.22 bits per heavy atom. The largest absolute Gasteiger partial charge is 0.446 e. The topological polar surface area (TPSA) is 49.9 Å². The summed E-state index contributed by atoms with van der Waals surface area (Å²) >= 11 is 0. The highest BCUT2D eigenvalue weighted by molar-refractivity contribution is 5.91. The van der Waals surface area contributed by atoms with Crippen molar-refractivity contribution in [2.75, 3.05) is 6.61 Å². The standard InChI is InChI=1S/C22H26N2O3/c1-17(2)23-20(15-19-11-7-4-8-12-19)16-27-22(26)24(23)21(25)14-13-18-9-5-3-6-10-18/h3-12,17,20H,13-16H2,1-2H3/t20-/m0/s1. The van der Waals surface area contributed by atoms with Crippen LogP contribution in [0.3, 0.4) is 0 Å². The number of rotatable bonds is 6. The fraction of sp³-hybridized carbons (Fsp3) is 0.364. The average molecular weight is 366 g/mol. The minimum absolute atomic E-state index is 0.00670. The average Bonchev–Trinajstić information content (AvgIpc) is 2.68. The van der Waals surface area contributed by atoms with Gasteiger partial charge in [0.05, 0.1) is 6.04 Å². The molecule has 0 unspecified atom stereocenters. The third kappa shape index (κ3) is 4.74. The van der Waals surface area contributed by atoms with Gasteiger partial charge in [0.15, 0.2) is 0 Å². The molecule has 1 fully saturated rings. The Labute approximate surface area is 160 Å². The van der Waals surface area contributed by atoms with Crippen LogP contribution < -0.4 is 0 Å². The number of ether oxygens (including phenoxy) is 1. The first-order chi connectivity index (χ1) is 13.1. The van der Waals surface area contributed by atoms with E-state index in [-0.39, 0.29) is 31.0 Å². The number of cyclic esters (lactones) is 1. The lowest BCUT2D eigenvalue weighted by Crippen LogP contribution is -2.63. The van der Waals surface area contributed by atoms with Crippen LogP contribution in [0.1, 0.15) is 31.4 Å². The minimum Gasteiger partial charge on any atom is -0.446 e. The van der Waals surface area contributed by atoms with E-state index in [1.807, 2.05) is 67.4 Å². The van der Waals surface area contributed by atoms with E-state index >= 15 is 0 Å². The first-order valence-corrected chi connectivity index (χ1v) is 9.42. The molecule has 0 N–H and O–H groups in total. The van der Waals surface area contributed by atoms with Crippen LogP contribution in [0.15, 0.2) is 60.7 Å². The molecule has 1 heterocycles. The summed E-state index contributed by atoms with van der Waals surface area (Å²) in [5.41, 5.74) is 2.23. The zero-order valence-electron chi connectivity index (χ0n) is 15.9. The van der Waals surface area contributed by atoms with E-state index in [1.165, 1.54) is 5.01 Å². The van der Waals surface area contributed by atoms with Gasteiger partial charge in [0.1, 0.15) is 6.61 Å². The van der Waals surface area contributed by atoms with Crippen LogP contribution >= 0.6 is 0 Å². The highest BCUT2D eigenvalue weighted by atomic mass is 16.6. The first-order valence-electron chi connectivity index (χ1n) is 9.42. The van der Waals surface area contributed by atoms with Crippen LogP contribution in [0.2, 0.25) is 0 Å². The number of hydrogen-bond donors (Lipinski definition) is 0. The Hall–Kier alpha value is -2.66. The normalized spacial score (nSPS) is 17.8. The number of hydrazine groups is 1. The lowest BCUT2D eigenvalue weighted by molar-refractivity contribution is -0.165. The van der Waals surface area contributed by atoms with Crippen molar-refractivity contribution in [3.63, 3.8) is 0 Å². The Morgan fingerprint density at radius 1 is 1.04 bits per heavy atom. The molecule has 0 saturated carbocycles. The second-order valence-corrected chi connectivity index (χ2v) is 7.09. The van der Waals surface area contributed by atoms with Gasteiger partial charge in [-0.3, -0.25) is 4.79 Å². The van der Waals surface area contributed by atoms with E-state index in [0.717, 1.165) is 17.5 Å². The second kappa shape index (κ2) is 8.82. The van der Waals surface area contributed by atoms with Gasteiger partial charge in [0.2, 0.25) is 5.91 Å². The molecule has 142 valence electrons. The molecule has 5 heteroatoms. The second-order valence-electron chi connectivity index (χ2n) is 7.09. The van der Waals surface area contributed by atoms with Crippen molar-refractivity contribution >= 4 is 12.0 Å². The SMILES string of the molecule is CC(C)N1[C@@H](Cc2ccccc2)COC(=O)N1C(=O)CCc1ccccc1. The monoisotopic (exact) mass is 366 g/mol. The van der Waals surface area contributed by atoms with E-state index in [0.29, 0.717) is 6.42 Å². The van der Waals surface area contributed by atoms with Crippen molar-refractivity contribution < 1.29 is 14.3 Å². The third-order valence-corrected chi connectivity index (χ3v) is 4.73. The predicted octanol–water partition coefficient (Wildman–Crippen LogP) is 3.83. The number of hydrogen-bond acceptors (Lipinski definition) is 4. The highest BCUT2D eigenvalue weighted by Gasteiger charge is 2.40. The van der Waals surface area contributed by atoms with Crippen LogP contribution in [-0.4, -0.2) is 40.7 Å². The van der Waals surface area contributed by atoms with Crippen LogP contribution in [0.4, 0.5) is 4.79 Å². The molecular weight excluding hydrogens is 340 g/mol. The predicted molar refractivity (Wildman–Crippen MR) is 104 cm³/mol. The maximum absolute atomic E-state index is 12.9. The van der Waals surface area contributed by atoms with Crippen molar-refractivity contribution in [2.24, 2.45) is 0 Å². The Bertz CT molecular complexity index is 762. The van der Waals surface area contributed by atoms with Crippen LogP contribution in [0, 0.1) is 0 Å². The third-order valence-electron chi connectivity index (χ3n) is 4.73. The van der Waals surface area contributed by atoms with Gasteiger partial charge in [-0.2, -0.15) is 10.0 Å². The van der Waals surface area contributed by atoms with Gasteiger partial charge in [0.25, 0.3) is 0 Å². The number of amides is 2. The summed E-state index contributed by atoms with van der Waals surface area (Å²) in [6.07, 6.45) is 1.000. The maximum atomic E-state index is 12.9. The quantitative estimate of drug-likeness (QED) is 0.779.